The molecule has 0 aliphatic heterocycles. The van der Waals surface area contributed by atoms with Crippen LogP contribution in [0, 0.1) is 17.0 Å². The van der Waals surface area contributed by atoms with Crippen molar-refractivity contribution < 1.29 is 9.72 Å². The highest BCUT2D eigenvalue weighted by Gasteiger charge is 2.15. The first-order chi connectivity index (χ1) is 11.5. The van der Waals surface area contributed by atoms with E-state index in [2.05, 4.69) is 24.1 Å². The normalized spacial score (nSPS) is 10.3. The van der Waals surface area contributed by atoms with E-state index in [1.165, 1.54) is 6.07 Å². The second-order valence-corrected chi connectivity index (χ2v) is 5.38. The van der Waals surface area contributed by atoms with E-state index >= 15 is 0 Å². The number of nitro groups is 1. The fourth-order valence-corrected chi connectivity index (χ4v) is 2.56. The summed E-state index contributed by atoms with van der Waals surface area (Å²) in [7, 11) is 0. The van der Waals surface area contributed by atoms with Crippen molar-refractivity contribution in [1.82, 2.24) is 0 Å². The molecule has 1 N–H and O–H groups in total. The van der Waals surface area contributed by atoms with Crippen LogP contribution in [0.3, 0.4) is 0 Å². The van der Waals surface area contributed by atoms with E-state index in [1.54, 1.807) is 31.2 Å². The minimum atomic E-state index is -0.454. The highest BCUT2D eigenvalue weighted by atomic mass is 16.6. The maximum Gasteiger partial charge on any atom is 0.274 e. The Morgan fingerprint density at radius 1 is 1.12 bits per heavy atom. The topological polar surface area (TPSA) is 75.5 Å². The van der Waals surface area contributed by atoms with Gasteiger partial charge in [0.2, 0.25) is 0 Å². The van der Waals surface area contributed by atoms with Crippen molar-refractivity contribution in [3.05, 3.63) is 63.7 Å². The minimum absolute atomic E-state index is 0.00955. The Labute approximate surface area is 141 Å². The average Bonchev–Trinajstić information content (AvgIpc) is 2.58. The fraction of sp³-hybridized carbons (Fsp3) is 0.278. The van der Waals surface area contributed by atoms with Gasteiger partial charge in [-0.25, -0.2) is 0 Å². The first-order valence-corrected chi connectivity index (χ1v) is 7.88. The maximum atomic E-state index is 12.4. The van der Waals surface area contributed by atoms with Crippen molar-refractivity contribution in [2.45, 2.75) is 20.8 Å². The lowest BCUT2D eigenvalue weighted by Crippen LogP contribution is -2.21. The molecule has 0 radical (unpaired) electrons. The lowest BCUT2D eigenvalue weighted by Gasteiger charge is -2.21. The fourth-order valence-electron chi connectivity index (χ4n) is 2.56. The van der Waals surface area contributed by atoms with Gasteiger partial charge in [-0.3, -0.25) is 14.9 Å². The summed E-state index contributed by atoms with van der Waals surface area (Å²) in [6.45, 7) is 7.57. The van der Waals surface area contributed by atoms with Gasteiger partial charge in [0.1, 0.15) is 0 Å². The number of benzene rings is 2. The zero-order chi connectivity index (χ0) is 17.7. The number of hydrogen-bond donors (Lipinski definition) is 1. The third-order valence-corrected chi connectivity index (χ3v) is 4.01. The summed E-state index contributed by atoms with van der Waals surface area (Å²) in [6, 6.07) is 12.0. The summed E-state index contributed by atoms with van der Waals surface area (Å²) in [5.41, 5.74) is 2.45. The smallest absolute Gasteiger partial charge is 0.274 e. The molecule has 0 aromatic heterocycles. The number of carbonyl (C=O) groups excluding carboxylic acids is 1. The van der Waals surface area contributed by atoms with Crippen LogP contribution in [-0.2, 0) is 0 Å². The van der Waals surface area contributed by atoms with E-state index in [0.717, 1.165) is 18.8 Å². The lowest BCUT2D eigenvalue weighted by molar-refractivity contribution is -0.385. The predicted octanol–water partition coefficient (Wildman–Crippen LogP) is 4.00. The van der Waals surface area contributed by atoms with Crippen LogP contribution in [0.15, 0.2) is 42.5 Å². The van der Waals surface area contributed by atoms with Gasteiger partial charge < -0.3 is 10.2 Å². The Balaban J connectivity index is 2.19. The first kappa shape index (κ1) is 17.5. The van der Waals surface area contributed by atoms with E-state index in [1.807, 2.05) is 12.1 Å². The third-order valence-electron chi connectivity index (χ3n) is 4.01. The molecule has 2 rings (SSSR count). The Morgan fingerprint density at radius 3 is 2.29 bits per heavy atom. The molecule has 0 fully saturated rings. The second kappa shape index (κ2) is 7.59. The molecule has 0 aliphatic rings. The first-order valence-electron chi connectivity index (χ1n) is 7.88. The lowest BCUT2D eigenvalue weighted by atomic mass is 10.1. The van der Waals surface area contributed by atoms with Crippen molar-refractivity contribution in [3.8, 4) is 0 Å². The predicted molar refractivity (Wildman–Crippen MR) is 95.8 cm³/mol. The molecule has 1 amide bonds. The third kappa shape index (κ3) is 3.71. The number of anilines is 2. The van der Waals surface area contributed by atoms with Gasteiger partial charge in [-0.2, -0.15) is 0 Å². The van der Waals surface area contributed by atoms with Crippen molar-refractivity contribution >= 4 is 23.0 Å². The zero-order valence-corrected chi connectivity index (χ0v) is 14.1. The number of amides is 1. The molecule has 0 spiro atoms. The highest BCUT2D eigenvalue weighted by molar-refractivity contribution is 6.05. The second-order valence-electron chi connectivity index (χ2n) is 5.38. The van der Waals surface area contributed by atoms with Crippen LogP contribution in [0.2, 0.25) is 0 Å². The Bertz CT molecular complexity index is 738. The molecule has 0 saturated carbocycles. The Morgan fingerprint density at radius 2 is 1.75 bits per heavy atom. The summed E-state index contributed by atoms with van der Waals surface area (Å²) in [5.74, 6) is -0.287. The van der Waals surface area contributed by atoms with Crippen LogP contribution in [-0.4, -0.2) is 23.9 Å². The molecule has 6 nitrogen and oxygen atoms in total. The molecule has 2 aromatic carbocycles. The molecule has 0 heterocycles. The number of rotatable bonds is 6. The minimum Gasteiger partial charge on any atom is -0.372 e. The SMILES string of the molecule is CCN(CC)c1ccc(C(=O)Nc2cccc([N+](=O)[O-])c2C)cc1. The number of nitrogens with one attached hydrogen (secondary N) is 1. The summed E-state index contributed by atoms with van der Waals surface area (Å²) in [5, 5.41) is 13.7. The molecule has 0 bridgehead atoms. The van der Waals surface area contributed by atoms with Crippen molar-refractivity contribution in [1.29, 1.82) is 0 Å². The van der Waals surface area contributed by atoms with Crippen LogP contribution >= 0.6 is 0 Å². The summed E-state index contributed by atoms with van der Waals surface area (Å²) in [6.07, 6.45) is 0. The van der Waals surface area contributed by atoms with Crippen LogP contribution in [0.4, 0.5) is 17.1 Å². The molecule has 6 heteroatoms. The van der Waals surface area contributed by atoms with E-state index in [9.17, 15) is 14.9 Å². The molecular weight excluding hydrogens is 306 g/mol. The molecule has 0 unspecified atom stereocenters. The highest BCUT2D eigenvalue weighted by Crippen LogP contribution is 2.25. The molecule has 2 aromatic rings. The van der Waals surface area contributed by atoms with Crippen LogP contribution in [0.25, 0.3) is 0 Å². The van der Waals surface area contributed by atoms with Crippen molar-refractivity contribution in [2.75, 3.05) is 23.3 Å². The van der Waals surface area contributed by atoms with Gasteiger partial charge in [-0.05, 0) is 51.1 Å². The van der Waals surface area contributed by atoms with E-state index in [0.29, 0.717) is 16.8 Å². The van der Waals surface area contributed by atoms with Crippen LogP contribution in [0.1, 0.15) is 29.8 Å². The Hall–Kier alpha value is -2.89. The molecular formula is C18H21N3O3. The van der Waals surface area contributed by atoms with Crippen LogP contribution < -0.4 is 10.2 Å². The molecule has 24 heavy (non-hydrogen) atoms. The van der Waals surface area contributed by atoms with E-state index in [4.69, 9.17) is 0 Å². The van der Waals surface area contributed by atoms with Crippen LogP contribution in [0.5, 0.6) is 0 Å². The largest absolute Gasteiger partial charge is 0.372 e. The summed E-state index contributed by atoms with van der Waals surface area (Å²) < 4.78 is 0. The Kier molecular flexibility index (Phi) is 5.52. The maximum absolute atomic E-state index is 12.4. The van der Waals surface area contributed by atoms with Crippen molar-refractivity contribution in [3.63, 3.8) is 0 Å². The van der Waals surface area contributed by atoms with Gasteiger partial charge in [0.05, 0.1) is 16.2 Å². The number of nitro benzene ring substituents is 1. The van der Waals surface area contributed by atoms with Crippen molar-refractivity contribution in [2.24, 2.45) is 0 Å². The number of hydrogen-bond acceptors (Lipinski definition) is 4. The molecule has 126 valence electrons. The van der Waals surface area contributed by atoms with Gasteiger partial charge in [-0.1, -0.05) is 6.07 Å². The monoisotopic (exact) mass is 327 g/mol. The van der Waals surface area contributed by atoms with E-state index < -0.39 is 4.92 Å². The number of carbonyl (C=O) groups is 1. The van der Waals surface area contributed by atoms with Gasteiger partial charge in [0.15, 0.2) is 0 Å². The summed E-state index contributed by atoms with van der Waals surface area (Å²) >= 11 is 0. The zero-order valence-electron chi connectivity index (χ0n) is 14.1. The van der Waals surface area contributed by atoms with Gasteiger partial charge in [-0.15, -0.1) is 0 Å². The van der Waals surface area contributed by atoms with Gasteiger partial charge >= 0.3 is 0 Å². The average molecular weight is 327 g/mol. The van der Waals surface area contributed by atoms with Gasteiger partial charge in [0, 0.05) is 30.4 Å². The summed E-state index contributed by atoms with van der Waals surface area (Å²) in [4.78, 5) is 25.1. The number of nitrogens with zero attached hydrogens (tertiary/aromatic N) is 2. The molecule has 0 aliphatic carbocycles. The van der Waals surface area contributed by atoms with Gasteiger partial charge in [0.25, 0.3) is 11.6 Å². The molecule has 0 saturated heterocycles. The molecule has 0 atom stereocenters. The quantitative estimate of drug-likeness (QED) is 0.642. The van der Waals surface area contributed by atoms with E-state index in [-0.39, 0.29) is 11.6 Å². The standard InChI is InChI=1S/C18H21N3O3/c1-4-20(5-2)15-11-9-14(10-12-15)18(22)19-16-7-6-8-17(13(16)3)21(23)24/h6-12H,4-5H2,1-3H3,(H,19,22).